The first-order valence-corrected chi connectivity index (χ1v) is 7.05. The Hall–Kier alpha value is -1.65. The highest BCUT2D eigenvalue weighted by atomic mass is 19.1. The van der Waals surface area contributed by atoms with Gasteiger partial charge in [0.1, 0.15) is 17.3 Å². The monoisotopic (exact) mass is 282 g/mol. The second-order valence-electron chi connectivity index (χ2n) is 5.40. The normalized spacial score (nSPS) is 15.8. The fraction of sp³-hybridized carbons (Fsp3) is 0.533. The first-order chi connectivity index (χ1) is 9.51. The third-order valence-electron chi connectivity index (χ3n) is 3.42. The lowest BCUT2D eigenvalue weighted by Gasteiger charge is -2.14. The molecule has 1 aliphatic rings. The summed E-state index contributed by atoms with van der Waals surface area (Å²) in [6, 6.07) is 2.16. The van der Waals surface area contributed by atoms with Gasteiger partial charge >= 0.3 is 0 Å². The van der Waals surface area contributed by atoms with E-state index in [2.05, 4.69) is 10.6 Å². The number of rotatable bonds is 6. The van der Waals surface area contributed by atoms with E-state index in [9.17, 15) is 13.6 Å². The summed E-state index contributed by atoms with van der Waals surface area (Å²) in [5, 5.41) is 5.38. The van der Waals surface area contributed by atoms with Gasteiger partial charge in [-0.2, -0.15) is 0 Å². The van der Waals surface area contributed by atoms with E-state index < -0.39 is 17.5 Å². The summed E-state index contributed by atoms with van der Waals surface area (Å²) in [4.78, 5) is 12.0. The smallest absolute Gasteiger partial charge is 0.251 e. The van der Waals surface area contributed by atoms with Crippen LogP contribution in [-0.4, -0.2) is 18.5 Å². The van der Waals surface area contributed by atoms with Gasteiger partial charge in [0.05, 0.1) is 0 Å². The van der Waals surface area contributed by atoms with E-state index in [0.717, 1.165) is 18.6 Å². The maximum absolute atomic E-state index is 13.7. The third kappa shape index (κ3) is 3.68. The Morgan fingerprint density at radius 3 is 2.45 bits per heavy atom. The van der Waals surface area contributed by atoms with E-state index in [1.165, 1.54) is 12.8 Å². The molecule has 0 bridgehead atoms. The average Bonchev–Trinajstić information content (AvgIpc) is 3.17. The van der Waals surface area contributed by atoms with Gasteiger partial charge in [0.15, 0.2) is 0 Å². The Morgan fingerprint density at radius 1 is 1.35 bits per heavy atom. The molecular formula is C15H20F2N2O. The molecule has 0 aliphatic heterocycles. The molecule has 1 aromatic rings. The van der Waals surface area contributed by atoms with Crippen molar-refractivity contribution >= 4 is 11.6 Å². The minimum Gasteiger partial charge on any atom is -0.381 e. The van der Waals surface area contributed by atoms with Crippen molar-refractivity contribution in [1.82, 2.24) is 5.32 Å². The van der Waals surface area contributed by atoms with Crippen LogP contribution >= 0.6 is 0 Å². The largest absolute Gasteiger partial charge is 0.381 e. The summed E-state index contributed by atoms with van der Waals surface area (Å²) < 4.78 is 27.5. The van der Waals surface area contributed by atoms with Gasteiger partial charge in [0.2, 0.25) is 0 Å². The van der Waals surface area contributed by atoms with Gasteiger partial charge in [0, 0.05) is 18.2 Å². The molecule has 0 saturated heterocycles. The quantitative estimate of drug-likeness (QED) is 0.840. The van der Waals surface area contributed by atoms with Gasteiger partial charge in [-0.1, -0.05) is 12.8 Å². The highest BCUT2D eigenvalue weighted by Gasteiger charge is 2.24. The molecule has 1 aliphatic carbocycles. The Bertz CT molecular complexity index is 478. The van der Waals surface area contributed by atoms with E-state index in [1.807, 2.05) is 6.92 Å². The van der Waals surface area contributed by atoms with E-state index in [4.69, 9.17) is 0 Å². The summed E-state index contributed by atoms with van der Waals surface area (Å²) in [7, 11) is 0. The van der Waals surface area contributed by atoms with Crippen molar-refractivity contribution in [2.45, 2.75) is 39.2 Å². The highest BCUT2D eigenvalue weighted by molar-refractivity contribution is 5.94. The molecule has 1 amide bonds. The summed E-state index contributed by atoms with van der Waals surface area (Å²) >= 11 is 0. The molecule has 3 nitrogen and oxygen atoms in total. The van der Waals surface area contributed by atoms with Crippen molar-refractivity contribution in [2.24, 2.45) is 5.92 Å². The second-order valence-corrected chi connectivity index (χ2v) is 5.40. The number of hydrogen-bond acceptors (Lipinski definition) is 2. The number of benzene rings is 1. The van der Waals surface area contributed by atoms with Crippen LogP contribution in [0.5, 0.6) is 0 Å². The van der Waals surface area contributed by atoms with Gasteiger partial charge in [-0.25, -0.2) is 8.78 Å². The van der Waals surface area contributed by atoms with Crippen LogP contribution in [0.4, 0.5) is 14.5 Å². The average molecular weight is 282 g/mol. The molecule has 1 unspecified atom stereocenters. The molecule has 5 heteroatoms. The number of halogens is 2. The van der Waals surface area contributed by atoms with E-state index in [-0.39, 0.29) is 17.3 Å². The lowest BCUT2D eigenvalue weighted by atomic mass is 10.1. The number of nitrogens with one attached hydrogen (secondary N) is 2. The summed E-state index contributed by atoms with van der Waals surface area (Å²) in [6.45, 7) is 4.08. The topological polar surface area (TPSA) is 41.1 Å². The molecule has 0 spiro atoms. The van der Waals surface area contributed by atoms with E-state index in [1.54, 1.807) is 6.92 Å². The highest BCUT2D eigenvalue weighted by Crippen LogP contribution is 2.33. The third-order valence-corrected chi connectivity index (χ3v) is 3.42. The lowest BCUT2D eigenvalue weighted by Crippen LogP contribution is -2.33. The van der Waals surface area contributed by atoms with Crippen molar-refractivity contribution in [3.63, 3.8) is 0 Å². The van der Waals surface area contributed by atoms with Crippen molar-refractivity contribution in [1.29, 1.82) is 0 Å². The predicted octanol–water partition coefficient (Wildman–Crippen LogP) is 3.32. The predicted molar refractivity (Wildman–Crippen MR) is 74.8 cm³/mol. The molecule has 1 fully saturated rings. The van der Waals surface area contributed by atoms with Crippen LogP contribution in [-0.2, 0) is 0 Å². The molecule has 20 heavy (non-hydrogen) atoms. The minimum atomic E-state index is -0.744. The SMILES string of the molecule is CCNc1c(F)cc(C(=O)NC(C)CC2CC2)cc1F. The Kier molecular flexibility index (Phi) is 4.57. The van der Waals surface area contributed by atoms with Gasteiger partial charge in [0.25, 0.3) is 5.91 Å². The van der Waals surface area contributed by atoms with Crippen molar-refractivity contribution in [3.05, 3.63) is 29.3 Å². The standard InChI is InChI=1S/C15H20F2N2O/c1-3-18-14-12(16)7-11(8-13(14)17)15(20)19-9(2)6-10-4-5-10/h7-10,18H,3-6H2,1-2H3,(H,19,20). The first-order valence-electron chi connectivity index (χ1n) is 7.05. The summed E-state index contributed by atoms with van der Waals surface area (Å²) in [5.41, 5.74) is -0.167. The maximum atomic E-state index is 13.7. The zero-order valence-electron chi connectivity index (χ0n) is 11.8. The van der Waals surface area contributed by atoms with Gasteiger partial charge in [-0.15, -0.1) is 0 Å². The van der Waals surface area contributed by atoms with Crippen molar-refractivity contribution < 1.29 is 13.6 Å². The molecule has 0 aromatic heterocycles. The molecule has 0 radical (unpaired) electrons. The van der Waals surface area contributed by atoms with Gasteiger partial charge < -0.3 is 10.6 Å². The molecule has 2 rings (SSSR count). The number of anilines is 1. The van der Waals surface area contributed by atoms with Crippen LogP contribution in [0.3, 0.4) is 0 Å². The van der Waals surface area contributed by atoms with Crippen LogP contribution in [0, 0.1) is 17.6 Å². The van der Waals surface area contributed by atoms with Crippen molar-refractivity contribution in [2.75, 3.05) is 11.9 Å². The Labute approximate surface area is 117 Å². The molecule has 1 saturated carbocycles. The molecule has 2 N–H and O–H groups in total. The molecule has 110 valence electrons. The number of amides is 1. The van der Waals surface area contributed by atoms with Crippen LogP contribution in [0.25, 0.3) is 0 Å². The van der Waals surface area contributed by atoms with Gasteiger partial charge in [-0.05, 0) is 38.3 Å². The van der Waals surface area contributed by atoms with E-state index in [0.29, 0.717) is 12.5 Å². The Morgan fingerprint density at radius 2 is 1.95 bits per heavy atom. The van der Waals surface area contributed by atoms with Crippen LogP contribution in [0.2, 0.25) is 0 Å². The van der Waals surface area contributed by atoms with Crippen molar-refractivity contribution in [3.8, 4) is 0 Å². The maximum Gasteiger partial charge on any atom is 0.251 e. The van der Waals surface area contributed by atoms with Crippen LogP contribution in [0.1, 0.15) is 43.5 Å². The fourth-order valence-corrected chi connectivity index (χ4v) is 2.27. The number of carbonyl (C=O) groups is 1. The molecule has 1 aromatic carbocycles. The molecule has 1 atom stereocenters. The number of carbonyl (C=O) groups excluding carboxylic acids is 1. The molecule has 0 heterocycles. The fourth-order valence-electron chi connectivity index (χ4n) is 2.27. The second kappa shape index (κ2) is 6.20. The van der Waals surface area contributed by atoms with Crippen LogP contribution < -0.4 is 10.6 Å². The zero-order chi connectivity index (χ0) is 14.7. The zero-order valence-corrected chi connectivity index (χ0v) is 11.8. The number of hydrogen-bond donors (Lipinski definition) is 2. The van der Waals surface area contributed by atoms with Crippen LogP contribution in [0.15, 0.2) is 12.1 Å². The summed E-state index contributed by atoms with van der Waals surface area (Å²) in [5.74, 6) is -1.23. The van der Waals surface area contributed by atoms with Gasteiger partial charge in [-0.3, -0.25) is 4.79 Å². The van der Waals surface area contributed by atoms with E-state index >= 15 is 0 Å². The lowest BCUT2D eigenvalue weighted by molar-refractivity contribution is 0.0936. The minimum absolute atomic E-state index is 0.0179. The Balaban J connectivity index is 2.05. The first kappa shape index (κ1) is 14.8. The summed E-state index contributed by atoms with van der Waals surface area (Å²) in [6.07, 6.45) is 3.34. The molecular weight excluding hydrogens is 262 g/mol.